The monoisotopic (exact) mass is 421 g/mol. The van der Waals surface area contributed by atoms with E-state index in [9.17, 15) is 22.8 Å². The van der Waals surface area contributed by atoms with Gasteiger partial charge in [-0.05, 0) is 63.6 Å². The molecule has 2 aromatic carbocycles. The van der Waals surface area contributed by atoms with E-state index in [4.69, 9.17) is 0 Å². The fourth-order valence-electron chi connectivity index (χ4n) is 2.93. The molecular formula is C22H26F3N3O2. The van der Waals surface area contributed by atoms with Crippen LogP contribution in [-0.4, -0.2) is 41.9 Å². The predicted molar refractivity (Wildman–Crippen MR) is 109 cm³/mol. The van der Waals surface area contributed by atoms with E-state index < -0.39 is 23.5 Å². The van der Waals surface area contributed by atoms with E-state index in [1.807, 2.05) is 13.8 Å². The summed E-state index contributed by atoms with van der Waals surface area (Å²) < 4.78 is 40.5. The lowest BCUT2D eigenvalue weighted by atomic mass is 10.1. The summed E-state index contributed by atoms with van der Waals surface area (Å²) in [6, 6.07) is 8.41. The van der Waals surface area contributed by atoms with Crippen molar-refractivity contribution in [2.45, 2.75) is 39.3 Å². The van der Waals surface area contributed by atoms with Crippen LogP contribution in [0.5, 0.6) is 0 Å². The smallest absolute Gasteiger partial charge is 0.238 e. The zero-order chi connectivity index (χ0) is 22.3. The van der Waals surface area contributed by atoms with Crippen LogP contribution in [0.15, 0.2) is 42.5 Å². The third kappa shape index (κ3) is 7.18. The number of hydrogen-bond donors (Lipinski definition) is 2. The molecule has 2 amide bonds. The van der Waals surface area contributed by atoms with Crippen LogP contribution in [0.2, 0.25) is 0 Å². The van der Waals surface area contributed by atoms with Gasteiger partial charge in [0.25, 0.3) is 0 Å². The maximum absolute atomic E-state index is 13.8. The Labute approximate surface area is 174 Å². The molecule has 0 radical (unpaired) electrons. The molecule has 2 aromatic rings. The first-order valence-electron chi connectivity index (χ1n) is 9.67. The minimum Gasteiger partial charge on any atom is -0.352 e. The van der Waals surface area contributed by atoms with E-state index in [1.54, 1.807) is 11.8 Å². The Hall–Kier alpha value is -2.87. The molecule has 0 heterocycles. The largest absolute Gasteiger partial charge is 0.352 e. The normalized spacial score (nSPS) is 12.1. The molecule has 0 saturated carbocycles. The topological polar surface area (TPSA) is 61.4 Å². The number of nitrogens with zero attached hydrogens (tertiary/aromatic N) is 1. The van der Waals surface area contributed by atoms with E-state index >= 15 is 0 Å². The van der Waals surface area contributed by atoms with Gasteiger partial charge in [-0.1, -0.05) is 6.07 Å². The zero-order valence-corrected chi connectivity index (χ0v) is 17.2. The summed E-state index contributed by atoms with van der Waals surface area (Å²) in [5, 5.41) is 5.36. The number of carbonyl (C=O) groups excluding carboxylic acids is 2. The molecule has 0 aliphatic heterocycles. The maximum Gasteiger partial charge on any atom is 0.238 e. The second-order valence-electron chi connectivity index (χ2n) is 7.43. The number of carbonyl (C=O) groups is 2. The van der Waals surface area contributed by atoms with Crippen molar-refractivity contribution in [1.82, 2.24) is 10.2 Å². The molecule has 1 unspecified atom stereocenters. The van der Waals surface area contributed by atoms with Crippen LogP contribution in [-0.2, 0) is 16.0 Å². The van der Waals surface area contributed by atoms with Crippen molar-refractivity contribution in [3.8, 4) is 0 Å². The highest BCUT2D eigenvalue weighted by atomic mass is 19.1. The summed E-state index contributed by atoms with van der Waals surface area (Å²) in [4.78, 5) is 26.3. The van der Waals surface area contributed by atoms with Gasteiger partial charge in [0.15, 0.2) is 0 Å². The van der Waals surface area contributed by atoms with Crippen molar-refractivity contribution in [3.63, 3.8) is 0 Å². The minimum absolute atomic E-state index is 0.0109. The average molecular weight is 421 g/mol. The van der Waals surface area contributed by atoms with Crippen molar-refractivity contribution < 1.29 is 22.8 Å². The van der Waals surface area contributed by atoms with E-state index in [2.05, 4.69) is 10.6 Å². The summed E-state index contributed by atoms with van der Waals surface area (Å²) in [5.74, 6) is -2.42. The molecule has 30 heavy (non-hydrogen) atoms. The number of rotatable bonds is 9. The van der Waals surface area contributed by atoms with E-state index in [-0.39, 0.29) is 42.9 Å². The van der Waals surface area contributed by atoms with Crippen molar-refractivity contribution >= 4 is 17.5 Å². The number of halogens is 3. The predicted octanol–water partition coefficient (Wildman–Crippen LogP) is 3.50. The van der Waals surface area contributed by atoms with Gasteiger partial charge in [-0.2, -0.15) is 0 Å². The summed E-state index contributed by atoms with van der Waals surface area (Å²) in [5.41, 5.74) is 0.375. The molecule has 0 spiro atoms. The second kappa shape index (κ2) is 10.8. The molecule has 8 heteroatoms. The standard InChI is InChI=1S/C22H26F3N3O2/c1-14(2)28(13-22(30)27-17-9-7-16(23)8-10-17)12-21(29)26-15(3)11-18-19(24)5-4-6-20(18)25/h4-10,14-15H,11-13H2,1-3H3,(H,26,29)(H,27,30). The van der Waals surface area contributed by atoms with Crippen molar-refractivity contribution in [3.05, 3.63) is 65.5 Å². The Morgan fingerprint density at radius 3 is 2.03 bits per heavy atom. The number of anilines is 1. The summed E-state index contributed by atoms with van der Waals surface area (Å²) in [6.45, 7) is 5.25. The van der Waals surface area contributed by atoms with Crippen LogP contribution in [0, 0.1) is 17.5 Å². The molecule has 0 bridgehead atoms. The zero-order valence-electron chi connectivity index (χ0n) is 17.2. The summed E-state index contributed by atoms with van der Waals surface area (Å²) >= 11 is 0. The molecule has 1 atom stereocenters. The lowest BCUT2D eigenvalue weighted by molar-refractivity contribution is -0.124. The highest BCUT2D eigenvalue weighted by molar-refractivity contribution is 5.92. The highest BCUT2D eigenvalue weighted by Gasteiger charge is 2.20. The number of amides is 2. The lowest BCUT2D eigenvalue weighted by Gasteiger charge is -2.26. The third-order valence-corrected chi connectivity index (χ3v) is 4.53. The number of nitrogens with one attached hydrogen (secondary N) is 2. The van der Waals surface area contributed by atoms with Gasteiger partial charge in [-0.25, -0.2) is 13.2 Å². The van der Waals surface area contributed by atoms with Crippen LogP contribution in [0.1, 0.15) is 26.3 Å². The van der Waals surface area contributed by atoms with Gasteiger partial charge in [-0.3, -0.25) is 14.5 Å². The molecule has 162 valence electrons. The molecule has 0 saturated heterocycles. The first-order chi connectivity index (χ1) is 14.2. The molecule has 2 rings (SSSR count). The van der Waals surface area contributed by atoms with Crippen molar-refractivity contribution in [1.29, 1.82) is 0 Å². The SMILES string of the molecule is CC(Cc1c(F)cccc1F)NC(=O)CN(CC(=O)Nc1ccc(F)cc1)C(C)C. The number of benzene rings is 2. The summed E-state index contributed by atoms with van der Waals surface area (Å²) in [7, 11) is 0. The third-order valence-electron chi connectivity index (χ3n) is 4.53. The Kier molecular flexibility index (Phi) is 8.41. The lowest BCUT2D eigenvalue weighted by Crippen LogP contribution is -2.46. The van der Waals surface area contributed by atoms with Gasteiger partial charge in [0.1, 0.15) is 17.5 Å². The maximum atomic E-state index is 13.8. The van der Waals surface area contributed by atoms with Gasteiger partial charge in [0, 0.05) is 23.3 Å². The van der Waals surface area contributed by atoms with Crippen LogP contribution in [0.4, 0.5) is 18.9 Å². The Balaban J connectivity index is 1.89. The first kappa shape index (κ1) is 23.4. The van der Waals surface area contributed by atoms with Crippen LogP contribution < -0.4 is 10.6 Å². The second-order valence-corrected chi connectivity index (χ2v) is 7.43. The van der Waals surface area contributed by atoms with Crippen LogP contribution >= 0.6 is 0 Å². The molecule has 0 fully saturated rings. The first-order valence-corrected chi connectivity index (χ1v) is 9.67. The van der Waals surface area contributed by atoms with Crippen molar-refractivity contribution in [2.75, 3.05) is 18.4 Å². The van der Waals surface area contributed by atoms with E-state index in [0.717, 1.165) is 0 Å². The highest BCUT2D eigenvalue weighted by Crippen LogP contribution is 2.14. The molecule has 2 N–H and O–H groups in total. The summed E-state index contributed by atoms with van der Waals surface area (Å²) in [6.07, 6.45) is 0.0109. The van der Waals surface area contributed by atoms with Gasteiger partial charge >= 0.3 is 0 Å². The van der Waals surface area contributed by atoms with Gasteiger partial charge in [-0.15, -0.1) is 0 Å². The Morgan fingerprint density at radius 2 is 1.47 bits per heavy atom. The molecular weight excluding hydrogens is 395 g/mol. The quantitative estimate of drug-likeness (QED) is 0.652. The fraction of sp³-hybridized carbons (Fsp3) is 0.364. The Morgan fingerprint density at radius 1 is 0.900 bits per heavy atom. The molecule has 5 nitrogen and oxygen atoms in total. The number of hydrogen-bond acceptors (Lipinski definition) is 3. The molecule has 0 aliphatic carbocycles. The average Bonchev–Trinajstić information content (AvgIpc) is 2.66. The van der Waals surface area contributed by atoms with E-state index in [1.165, 1.54) is 42.5 Å². The molecule has 0 aromatic heterocycles. The van der Waals surface area contributed by atoms with Gasteiger partial charge in [0.05, 0.1) is 13.1 Å². The van der Waals surface area contributed by atoms with Crippen LogP contribution in [0.25, 0.3) is 0 Å². The van der Waals surface area contributed by atoms with Gasteiger partial charge < -0.3 is 10.6 Å². The fourth-order valence-corrected chi connectivity index (χ4v) is 2.93. The van der Waals surface area contributed by atoms with Gasteiger partial charge in [0.2, 0.25) is 11.8 Å². The minimum atomic E-state index is -0.655. The van der Waals surface area contributed by atoms with Crippen LogP contribution in [0.3, 0.4) is 0 Å². The Bertz CT molecular complexity index is 852. The van der Waals surface area contributed by atoms with E-state index in [0.29, 0.717) is 5.69 Å². The van der Waals surface area contributed by atoms with Crippen molar-refractivity contribution in [2.24, 2.45) is 0 Å². The molecule has 0 aliphatic rings.